The van der Waals surface area contributed by atoms with Crippen LogP contribution in [0.3, 0.4) is 0 Å². The number of hydrogen-bond acceptors (Lipinski definition) is 6. The van der Waals surface area contributed by atoms with Gasteiger partial charge in [0, 0.05) is 43.1 Å². The number of nitrogens with zero attached hydrogens (tertiary/aromatic N) is 4. The molecule has 1 saturated heterocycles. The molecule has 0 unspecified atom stereocenters. The van der Waals surface area contributed by atoms with Gasteiger partial charge in [-0.05, 0) is 49.6 Å². The largest absolute Gasteiger partial charge is 0.479 e. The van der Waals surface area contributed by atoms with Crippen molar-refractivity contribution in [2.24, 2.45) is 4.99 Å². The molecule has 0 amide bonds. The summed E-state index contributed by atoms with van der Waals surface area (Å²) in [5.74, 6) is 0.703. The number of benzene rings is 1. The van der Waals surface area contributed by atoms with E-state index < -0.39 is 0 Å². The van der Waals surface area contributed by atoms with Crippen LogP contribution in [-0.4, -0.2) is 59.4 Å². The molecule has 1 aromatic heterocycles. The van der Waals surface area contributed by atoms with Gasteiger partial charge in [-0.2, -0.15) is 0 Å². The molecule has 3 rings (SSSR count). The van der Waals surface area contributed by atoms with Crippen molar-refractivity contribution in [1.82, 2.24) is 15.4 Å². The van der Waals surface area contributed by atoms with Crippen molar-refractivity contribution >= 4 is 17.3 Å². The van der Waals surface area contributed by atoms with Gasteiger partial charge in [0.05, 0.1) is 13.7 Å². The first-order chi connectivity index (χ1) is 14.5. The third-order valence-corrected chi connectivity index (χ3v) is 5.31. The summed E-state index contributed by atoms with van der Waals surface area (Å²) < 4.78 is 5.38. The number of nitrogens with one attached hydrogen (secondary N) is 1. The minimum Gasteiger partial charge on any atom is -0.479 e. The van der Waals surface area contributed by atoms with Crippen LogP contribution in [-0.2, 0) is 13.0 Å². The lowest BCUT2D eigenvalue weighted by Gasteiger charge is -2.37. The average Bonchev–Trinajstić information content (AvgIpc) is 2.76. The van der Waals surface area contributed by atoms with Gasteiger partial charge in [0.15, 0.2) is 0 Å². The van der Waals surface area contributed by atoms with Crippen LogP contribution in [0.1, 0.15) is 29.3 Å². The van der Waals surface area contributed by atoms with Crippen LogP contribution in [0.5, 0.6) is 5.88 Å². The van der Waals surface area contributed by atoms with E-state index in [-0.39, 0.29) is 6.61 Å². The zero-order valence-corrected chi connectivity index (χ0v) is 18.1. The molecule has 0 bridgehead atoms. The number of aliphatic hydroxyl groups excluding tert-OH is 1. The Morgan fingerprint density at radius 1 is 1.13 bits per heavy atom. The maximum Gasteiger partial charge on any atom is 0.240 e. The minimum atomic E-state index is -0.126. The van der Waals surface area contributed by atoms with Crippen molar-refractivity contribution in [3.63, 3.8) is 0 Å². The summed E-state index contributed by atoms with van der Waals surface area (Å²) in [5, 5.41) is 19.4. The molecule has 162 valence electrons. The fourth-order valence-electron chi connectivity index (χ4n) is 3.83. The molecular weight excluding hydrogens is 382 g/mol. The maximum absolute atomic E-state index is 9.74. The van der Waals surface area contributed by atoms with Crippen molar-refractivity contribution in [2.75, 3.05) is 38.2 Å². The second-order valence-corrected chi connectivity index (χ2v) is 7.50. The number of hydroxylamine groups is 1. The van der Waals surface area contributed by atoms with Gasteiger partial charge in [-0.1, -0.05) is 13.0 Å². The Hall–Kier alpha value is -2.84. The smallest absolute Gasteiger partial charge is 0.240 e. The molecule has 0 spiro atoms. The summed E-state index contributed by atoms with van der Waals surface area (Å²) in [4.78, 5) is 13.3. The van der Waals surface area contributed by atoms with Crippen molar-refractivity contribution in [3.8, 4) is 5.88 Å². The molecule has 1 aromatic carbocycles. The van der Waals surface area contributed by atoms with E-state index in [0.29, 0.717) is 42.6 Å². The van der Waals surface area contributed by atoms with Gasteiger partial charge in [0.2, 0.25) is 11.8 Å². The fraction of sp³-hybridized carbons (Fsp3) is 0.455. The molecule has 0 aliphatic carbocycles. The first kappa shape index (κ1) is 21.9. The molecule has 8 nitrogen and oxygen atoms in total. The van der Waals surface area contributed by atoms with Crippen LogP contribution in [0.4, 0.5) is 11.4 Å². The van der Waals surface area contributed by atoms with Crippen LogP contribution in [0, 0.1) is 13.8 Å². The van der Waals surface area contributed by atoms with Crippen LogP contribution < -0.4 is 15.1 Å². The number of pyridine rings is 1. The second kappa shape index (κ2) is 9.77. The molecule has 3 N–H and O–H groups in total. The normalized spacial score (nSPS) is 14.8. The van der Waals surface area contributed by atoms with Crippen molar-refractivity contribution < 1.29 is 15.1 Å². The average molecular weight is 414 g/mol. The number of aryl methyl sites for hydroxylation is 3. The van der Waals surface area contributed by atoms with E-state index in [1.807, 2.05) is 11.8 Å². The summed E-state index contributed by atoms with van der Waals surface area (Å²) >= 11 is 0. The van der Waals surface area contributed by atoms with E-state index in [4.69, 9.17) is 4.74 Å². The Bertz CT molecular complexity index is 888. The van der Waals surface area contributed by atoms with Crippen LogP contribution >= 0.6 is 0 Å². The topological polar surface area (TPSA) is 93.5 Å². The Kier molecular flexibility index (Phi) is 7.12. The van der Waals surface area contributed by atoms with Crippen LogP contribution in [0.25, 0.3) is 0 Å². The zero-order chi connectivity index (χ0) is 21.7. The van der Waals surface area contributed by atoms with Gasteiger partial charge in [-0.25, -0.2) is 15.5 Å². The number of anilines is 1. The predicted molar refractivity (Wildman–Crippen MR) is 118 cm³/mol. The summed E-state index contributed by atoms with van der Waals surface area (Å²) in [6.45, 7) is 9.10. The number of aliphatic imine (C=N–C) groups is 1. The Morgan fingerprint density at radius 3 is 2.33 bits per heavy atom. The predicted octanol–water partition coefficient (Wildman–Crippen LogP) is 2.55. The van der Waals surface area contributed by atoms with Gasteiger partial charge in [0.1, 0.15) is 5.69 Å². The highest BCUT2D eigenvalue weighted by atomic mass is 16.5. The third-order valence-electron chi connectivity index (χ3n) is 5.31. The number of aliphatic hydroxyl groups is 1. The standard InChI is InChI=1S/C22H31N5O3/c1-5-19-17(14-28)13-20(21(23-19)30-4)24-22(25-29)27-8-6-26(7-9-27)18-11-15(2)10-16(3)12-18/h10-13,28-29H,5-9,14H2,1-4H3,(H,24,25). The monoisotopic (exact) mass is 413 g/mol. The van der Waals surface area contributed by atoms with Gasteiger partial charge in [-0.15, -0.1) is 0 Å². The number of piperazine rings is 1. The van der Waals surface area contributed by atoms with E-state index in [0.717, 1.165) is 18.8 Å². The zero-order valence-electron chi connectivity index (χ0n) is 18.1. The highest BCUT2D eigenvalue weighted by Gasteiger charge is 2.21. The molecule has 0 radical (unpaired) electrons. The first-order valence-corrected chi connectivity index (χ1v) is 10.2. The van der Waals surface area contributed by atoms with Crippen molar-refractivity contribution in [3.05, 3.63) is 46.6 Å². The van der Waals surface area contributed by atoms with Gasteiger partial charge in [-0.3, -0.25) is 5.21 Å². The summed E-state index contributed by atoms with van der Waals surface area (Å²) in [5.41, 5.74) is 7.88. The van der Waals surface area contributed by atoms with E-state index in [2.05, 4.69) is 52.4 Å². The summed E-state index contributed by atoms with van der Waals surface area (Å²) in [6, 6.07) is 8.33. The summed E-state index contributed by atoms with van der Waals surface area (Å²) in [6.07, 6.45) is 0.682. The molecule has 1 aliphatic heterocycles. The molecule has 30 heavy (non-hydrogen) atoms. The molecule has 1 aliphatic rings. The number of rotatable bonds is 5. The van der Waals surface area contributed by atoms with Crippen molar-refractivity contribution in [2.45, 2.75) is 33.8 Å². The molecular formula is C22H31N5O3. The fourth-order valence-corrected chi connectivity index (χ4v) is 3.83. The highest BCUT2D eigenvalue weighted by molar-refractivity contribution is 5.83. The Morgan fingerprint density at radius 2 is 1.80 bits per heavy atom. The lowest BCUT2D eigenvalue weighted by Crippen LogP contribution is -2.52. The molecule has 2 heterocycles. The van der Waals surface area contributed by atoms with Gasteiger partial charge in [0.25, 0.3) is 0 Å². The number of hydrogen-bond donors (Lipinski definition) is 3. The minimum absolute atomic E-state index is 0.126. The molecule has 0 saturated carbocycles. The lowest BCUT2D eigenvalue weighted by molar-refractivity contribution is 0.207. The Labute approximate surface area is 177 Å². The van der Waals surface area contributed by atoms with Gasteiger partial charge >= 0.3 is 0 Å². The van der Waals surface area contributed by atoms with E-state index in [1.165, 1.54) is 23.9 Å². The molecule has 2 aromatic rings. The molecule has 8 heteroatoms. The molecule has 0 atom stereocenters. The third kappa shape index (κ3) is 4.83. The number of ether oxygens (including phenoxy) is 1. The Balaban J connectivity index is 1.79. The van der Waals surface area contributed by atoms with Crippen LogP contribution in [0.2, 0.25) is 0 Å². The lowest BCUT2D eigenvalue weighted by atomic mass is 10.1. The summed E-state index contributed by atoms with van der Waals surface area (Å²) in [7, 11) is 1.54. The second-order valence-electron chi connectivity index (χ2n) is 7.50. The quantitative estimate of drug-likeness (QED) is 0.394. The van der Waals surface area contributed by atoms with E-state index in [9.17, 15) is 10.3 Å². The maximum atomic E-state index is 9.74. The number of methoxy groups -OCH3 is 1. The van der Waals surface area contributed by atoms with E-state index >= 15 is 0 Å². The highest BCUT2D eigenvalue weighted by Crippen LogP contribution is 2.29. The van der Waals surface area contributed by atoms with Crippen LogP contribution in [0.15, 0.2) is 29.3 Å². The number of aromatic nitrogens is 1. The SMILES string of the molecule is CCc1nc(OC)c(N=C(NO)N2CCN(c3cc(C)cc(C)c3)CC2)cc1CO. The van der Waals surface area contributed by atoms with Gasteiger partial charge < -0.3 is 19.6 Å². The van der Waals surface area contributed by atoms with Crippen molar-refractivity contribution in [1.29, 1.82) is 0 Å². The number of guanidine groups is 1. The first-order valence-electron chi connectivity index (χ1n) is 10.2. The van der Waals surface area contributed by atoms with E-state index in [1.54, 1.807) is 6.07 Å². The molecule has 1 fully saturated rings.